The molecule has 1 aromatic carbocycles. The Morgan fingerprint density at radius 2 is 1.75 bits per heavy atom. The number of rotatable bonds is 11. The number of hydrogen-bond acceptors (Lipinski definition) is 6. The summed E-state index contributed by atoms with van der Waals surface area (Å²) >= 11 is 1.10. The molecule has 0 aliphatic carbocycles. The summed E-state index contributed by atoms with van der Waals surface area (Å²) in [5, 5.41) is 3.12. The van der Waals surface area contributed by atoms with Gasteiger partial charge in [-0.25, -0.2) is 4.79 Å². The Bertz CT molecular complexity index is 959. The lowest BCUT2D eigenvalue weighted by atomic mass is 9.82. The van der Waals surface area contributed by atoms with Gasteiger partial charge in [0.2, 0.25) is 5.91 Å². The van der Waals surface area contributed by atoms with E-state index in [-0.39, 0.29) is 35.7 Å². The van der Waals surface area contributed by atoms with Crippen molar-refractivity contribution >= 4 is 34.0 Å². The third-order valence-corrected chi connectivity index (χ3v) is 6.84. The summed E-state index contributed by atoms with van der Waals surface area (Å²) in [6, 6.07) is 8.06. The van der Waals surface area contributed by atoms with Gasteiger partial charge in [0.1, 0.15) is 10.8 Å². The van der Waals surface area contributed by atoms with Gasteiger partial charge in [-0.2, -0.15) is 0 Å². The van der Waals surface area contributed by atoms with E-state index in [0.717, 1.165) is 23.5 Å². The average molecular weight is 460 g/mol. The van der Waals surface area contributed by atoms with Crippen molar-refractivity contribution in [2.45, 2.75) is 66.2 Å². The minimum Gasteiger partial charge on any atom is -0.494 e. The monoisotopic (exact) mass is 459 g/mol. The van der Waals surface area contributed by atoms with Crippen LogP contribution in [0.5, 0.6) is 5.75 Å². The Kier molecular flexibility index (Phi) is 9.01. The second-order valence-electron chi connectivity index (χ2n) is 8.30. The van der Waals surface area contributed by atoms with Crippen molar-refractivity contribution in [1.82, 2.24) is 0 Å². The van der Waals surface area contributed by atoms with Gasteiger partial charge in [-0.05, 0) is 62.3 Å². The Balaban J connectivity index is 1.93. The standard InChI is InChI=1S/C25H33NO5S/c1-7-25(5,6)18-11-13-19(14-12-18)31-15-9-10-20(28)26-23-21(24(29)30-8-2)16(3)22(32-23)17(4)27/h11-14H,7-10,15H2,1-6H3,(H,26,28). The van der Waals surface area contributed by atoms with Gasteiger partial charge in [0, 0.05) is 6.42 Å². The number of ether oxygens (including phenoxy) is 2. The van der Waals surface area contributed by atoms with Gasteiger partial charge >= 0.3 is 5.97 Å². The minimum absolute atomic E-state index is 0.126. The highest BCUT2D eigenvalue weighted by Crippen LogP contribution is 2.34. The topological polar surface area (TPSA) is 81.7 Å². The van der Waals surface area contributed by atoms with Crippen molar-refractivity contribution in [1.29, 1.82) is 0 Å². The van der Waals surface area contributed by atoms with Crippen LogP contribution >= 0.6 is 11.3 Å². The lowest BCUT2D eigenvalue weighted by molar-refractivity contribution is -0.116. The molecule has 1 N–H and O–H groups in total. The Labute approximate surface area is 194 Å². The third kappa shape index (κ3) is 6.42. The first-order chi connectivity index (χ1) is 15.1. The first-order valence-electron chi connectivity index (χ1n) is 10.9. The van der Waals surface area contributed by atoms with Gasteiger partial charge < -0.3 is 14.8 Å². The van der Waals surface area contributed by atoms with Gasteiger partial charge in [0.05, 0.1) is 23.7 Å². The zero-order valence-corrected chi connectivity index (χ0v) is 20.6. The molecule has 2 aromatic rings. The molecule has 1 amide bonds. The molecule has 7 heteroatoms. The van der Waals surface area contributed by atoms with E-state index < -0.39 is 5.97 Å². The summed E-state index contributed by atoms with van der Waals surface area (Å²) < 4.78 is 10.9. The highest BCUT2D eigenvalue weighted by atomic mass is 32.1. The molecule has 0 fully saturated rings. The van der Waals surface area contributed by atoms with Crippen molar-refractivity contribution in [3.05, 3.63) is 45.8 Å². The van der Waals surface area contributed by atoms with Crippen molar-refractivity contribution in [2.75, 3.05) is 18.5 Å². The molecular weight excluding hydrogens is 426 g/mol. The predicted molar refractivity (Wildman–Crippen MR) is 128 cm³/mol. The van der Waals surface area contributed by atoms with Crippen LogP contribution in [0.15, 0.2) is 24.3 Å². The molecule has 0 aliphatic heterocycles. The van der Waals surface area contributed by atoms with E-state index in [2.05, 4.69) is 38.2 Å². The number of amides is 1. The summed E-state index contributed by atoms with van der Waals surface area (Å²) in [6.45, 7) is 12.0. The molecule has 32 heavy (non-hydrogen) atoms. The summed E-state index contributed by atoms with van der Waals surface area (Å²) in [5.74, 6) is -0.163. The van der Waals surface area contributed by atoms with Gasteiger partial charge in [0.15, 0.2) is 5.78 Å². The van der Waals surface area contributed by atoms with Crippen LogP contribution in [0.2, 0.25) is 0 Å². The van der Waals surface area contributed by atoms with E-state index in [1.165, 1.54) is 12.5 Å². The number of hydrogen-bond donors (Lipinski definition) is 1. The van der Waals surface area contributed by atoms with Crippen molar-refractivity contribution in [3.63, 3.8) is 0 Å². The molecule has 0 atom stereocenters. The molecule has 0 saturated heterocycles. The van der Waals surface area contributed by atoms with Crippen LogP contribution in [-0.4, -0.2) is 30.9 Å². The van der Waals surface area contributed by atoms with Crippen molar-refractivity contribution in [3.8, 4) is 5.75 Å². The lowest BCUT2D eigenvalue weighted by Gasteiger charge is -2.23. The maximum atomic E-state index is 12.4. The number of benzene rings is 1. The quantitative estimate of drug-likeness (QED) is 0.256. The van der Waals surface area contributed by atoms with Crippen LogP contribution in [0.25, 0.3) is 0 Å². The largest absolute Gasteiger partial charge is 0.494 e. The molecule has 0 bridgehead atoms. The smallest absolute Gasteiger partial charge is 0.341 e. The minimum atomic E-state index is -0.540. The second-order valence-corrected chi connectivity index (χ2v) is 9.32. The van der Waals surface area contributed by atoms with Gasteiger partial charge in [-0.15, -0.1) is 11.3 Å². The fourth-order valence-corrected chi connectivity index (χ4v) is 4.31. The zero-order chi connectivity index (χ0) is 23.9. The van der Waals surface area contributed by atoms with E-state index in [9.17, 15) is 14.4 Å². The number of Topliss-reactive ketones (excluding diaryl/α,β-unsaturated/α-hetero) is 1. The van der Waals surface area contributed by atoms with Crippen LogP contribution in [0.3, 0.4) is 0 Å². The van der Waals surface area contributed by atoms with Crippen molar-refractivity contribution in [2.24, 2.45) is 0 Å². The van der Waals surface area contributed by atoms with Gasteiger partial charge in [-0.3, -0.25) is 9.59 Å². The Morgan fingerprint density at radius 1 is 1.09 bits per heavy atom. The van der Waals surface area contributed by atoms with Crippen LogP contribution < -0.4 is 10.1 Å². The molecule has 0 saturated carbocycles. The number of carbonyl (C=O) groups excluding carboxylic acids is 3. The molecule has 1 heterocycles. The number of thiophene rings is 1. The normalized spacial score (nSPS) is 11.2. The summed E-state index contributed by atoms with van der Waals surface area (Å²) in [4.78, 5) is 37.1. The highest BCUT2D eigenvalue weighted by molar-refractivity contribution is 7.18. The maximum absolute atomic E-state index is 12.4. The number of nitrogens with one attached hydrogen (secondary N) is 1. The summed E-state index contributed by atoms with van der Waals surface area (Å²) in [5.41, 5.74) is 2.18. The van der Waals surface area contributed by atoms with E-state index in [1.54, 1.807) is 13.8 Å². The second kappa shape index (κ2) is 11.3. The summed E-state index contributed by atoms with van der Waals surface area (Å²) in [7, 11) is 0. The molecule has 0 aliphatic rings. The first-order valence-corrected chi connectivity index (χ1v) is 11.8. The van der Waals surface area contributed by atoms with Crippen LogP contribution in [0, 0.1) is 6.92 Å². The number of anilines is 1. The SMILES string of the molecule is CCOC(=O)c1c(NC(=O)CCCOc2ccc(C(C)(C)CC)cc2)sc(C(C)=O)c1C. The number of esters is 1. The molecule has 0 radical (unpaired) electrons. The average Bonchev–Trinajstić information content (AvgIpc) is 3.07. The van der Waals surface area contributed by atoms with E-state index >= 15 is 0 Å². The first kappa shape index (κ1) is 25.6. The third-order valence-electron chi connectivity index (χ3n) is 5.54. The van der Waals surface area contributed by atoms with Crippen LogP contribution in [0.1, 0.15) is 85.0 Å². The van der Waals surface area contributed by atoms with E-state index in [4.69, 9.17) is 9.47 Å². The maximum Gasteiger partial charge on any atom is 0.341 e. The van der Waals surface area contributed by atoms with E-state index in [1.807, 2.05) is 12.1 Å². The Morgan fingerprint density at radius 3 is 2.31 bits per heavy atom. The highest BCUT2D eigenvalue weighted by Gasteiger charge is 2.25. The van der Waals surface area contributed by atoms with Crippen LogP contribution in [-0.2, 0) is 14.9 Å². The molecule has 0 unspecified atom stereocenters. The van der Waals surface area contributed by atoms with E-state index in [0.29, 0.717) is 28.5 Å². The molecule has 2 rings (SSSR count). The molecular formula is C25H33NO5S. The van der Waals surface area contributed by atoms with Gasteiger partial charge in [-0.1, -0.05) is 32.9 Å². The summed E-state index contributed by atoms with van der Waals surface area (Å²) in [6.07, 6.45) is 1.81. The predicted octanol–water partition coefficient (Wildman–Crippen LogP) is 5.92. The number of ketones is 1. The Hall–Kier alpha value is -2.67. The van der Waals surface area contributed by atoms with Gasteiger partial charge in [0.25, 0.3) is 0 Å². The molecule has 6 nitrogen and oxygen atoms in total. The fourth-order valence-electron chi connectivity index (χ4n) is 3.20. The zero-order valence-electron chi connectivity index (χ0n) is 19.8. The lowest BCUT2D eigenvalue weighted by Crippen LogP contribution is -2.16. The van der Waals surface area contributed by atoms with Crippen molar-refractivity contribution < 1.29 is 23.9 Å². The molecule has 1 aromatic heterocycles. The van der Waals surface area contributed by atoms with Crippen LogP contribution in [0.4, 0.5) is 5.00 Å². The molecule has 0 spiro atoms. The number of carbonyl (C=O) groups is 3. The fraction of sp³-hybridized carbons (Fsp3) is 0.480. The molecule has 174 valence electrons.